The number of alkyl carbamates (subject to hydrolysis) is 1. The van der Waals surface area contributed by atoms with Gasteiger partial charge in [-0.05, 0) is 37.5 Å². The molecule has 108 valence electrons. The van der Waals surface area contributed by atoms with E-state index in [1.54, 1.807) is 13.0 Å². The summed E-state index contributed by atoms with van der Waals surface area (Å²) < 4.78 is 4.96. The lowest BCUT2D eigenvalue weighted by atomic mass is 9.64. The van der Waals surface area contributed by atoms with Crippen molar-refractivity contribution >= 4 is 12.2 Å². The fourth-order valence-corrected chi connectivity index (χ4v) is 3.57. The second kappa shape index (κ2) is 6.20. The van der Waals surface area contributed by atoms with E-state index in [0.717, 1.165) is 19.3 Å². The molecule has 0 aromatic carbocycles. The molecule has 2 unspecified atom stereocenters. The van der Waals surface area contributed by atoms with Crippen LogP contribution in [0.15, 0.2) is 4.99 Å². The normalized spacial score (nSPS) is 29.2. The number of carbonyl (C=O) groups is 1. The molecule has 0 spiro atoms. The molecule has 0 bridgehead atoms. The van der Waals surface area contributed by atoms with Crippen LogP contribution in [0.3, 0.4) is 0 Å². The molecule has 5 heteroatoms. The van der Waals surface area contributed by atoms with Gasteiger partial charge in [0, 0.05) is 0 Å². The molecule has 1 saturated carbocycles. The van der Waals surface area contributed by atoms with Crippen molar-refractivity contribution in [1.29, 1.82) is 0 Å². The van der Waals surface area contributed by atoms with Crippen molar-refractivity contribution < 1.29 is 14.3 Å². The molecule has 0 aromatic rings. The van der Waals surface area contributed by atoms with Crippen LogP contribution in [0.1, 0.15) is 47.0 Å². The minimum Gasteiger partial charge on any atom is -0.450 e. The Morgan fingerprint density at radius 2 is 2.16 bits per heavy atom. The minimum absolute atomic E-state index is 0.107. The second-order valence-corrected chi connectivity index (χ2v) is 6.39. The van der Waals surface area contributed by atoms with E-state index >= 15 is 0 Å². The van der Waals surface area contributed by atoms with Crippen LogP contribution in [0.5, 0.6) is 0 Å². The topological polar surface area (TPSA) is 67.8 Å². The highest BCUT2D eigenvalue weighted by molar-refractivity contribution is 5.68. The van der Waals surface area contributed by atoms with E-state index in [4.69, 9.17) is 4.74 Å². The largest absolute Gasteiger partial charge is 0.450 e. The van der Waals surface area contributed by atoms with E-state index in [2.05, 4.69) is 31.1 Å². The van der Waals surface area contributed by atoms with Gasteiger partial charge in [-0.3, -0.25) is 0 Å². The monoisotopic (exact) mass is 268 g/mol. The first-order valence-electron chi connectivity index (χ1n) is 6.81. The van der Waals surface area contributed by atoms with Crippen molar-refractivity contribution in [2.75, 3.05) is 13.2 Å². The maximum Gasteiger partial charge on any atom is 0.407 e. The standard InChI is InChI=1S/C14H24N2O3/c1-5-19-12(18)16-14(9-15-10-17)7-11(2)6-13(3,4)8-14/h11H,5-9H2,1-4H3,(H,16,18). The number of rotatable bonds is 4. The summed E-state index contributed by atoms with van der Waals surface area (Å²) in [6.45, 7) is 8.88. The lowest BCUT2D eigenvalue weighted by Crippen LogP contribution is -2.56. The summed E-state index contributed by atoms with van der Waals surface area (Å²) in [5.74, 6) is 0.465. The molecule has 2 atom stereocenters. The number of aliphatic imine (C=N–C) groups is 1. The van der Waals surface area contributed by atoms with E-state index in [9.17, 15) is 9.59 Å². The van der Waals surface area contributed by atoms with Crippen LogP contribution < -0.4 is 5.32 Å². The molecule has 1 aliphatic rings. The van der Waals surface area contributed by atoms with Gasteiger partial charge >= 0.3 is 6.09 Å². The van der Waals surface area contributed by atoms with Gasteiger partial charge in [0.1, 0.15) is 0 Å². The van der Waals surface area contributed by atoms with E-state index in [1.807, 2.05) is 0 Å². The zero-order chi connectivity index (χ0) is 14.5. The van der Waals surface area contributed by atoms with Gasteiger partial charge < -0.3 is 10.1 Å². The predicted molar refractivity (Wildman–Crippen MR) is 72.7 cm³/mol. The summed E-state index contributed by atoms with van der Waals surface area (Å²) in [6.07, 6.45) is 3.83. The first-order valence-corrected chi connectivity index (χ1v) is 6.81. The molecule has 1 N–H and O–H groups in total. The maximum atomic E-state index is 11.7. The summed E-state index contributed by atoms with van der Waals surface area (Å²) in [4.78, 5) is 25.8. The van der Waals surface area contributed by atoms with Gasteiger partial charge in [0.25, 0.3) is 0 Å². The fraction of sp³-hybridized carbons (Fsp3) is 0.857. The number of hydrogen-bond donors (Lipinski definition) is 1. The number of nitrogens with one attached hydrogen (secondary N) is 1. The first kappa shape index (κ1) is 15.7. The maximum absolute atomic E-state index is 11.7. The Hall–Kier alpha value is -1.35. The number of isocyanates is 1. The summed E-state index contributed by atoms with van der Waals surface area (Å²) in [5, 5.41) is 2.92. The highest BCUT2D eigenvalue weighted by Crippen LogP contribution is 2.44. The van der Waals surface area contributed by atoms with Gasteiger partial charge in [0.2, 0.25) is 6.08 Å². The number of nitrogens with zero attached hydrogens (tertiary/aromatic N) is 1. The third-order valence-corrected chi connectivity index (χ3v) is 3.55. The van der Waals surface area contributed by atoms with Crippen LogP contribution in [0.25, 0.3) is 0 Å². The van der Waals surface area contributed by atoms with Crippen LogP contribution in [-0.2, 0) is 9.53 Å². The van der Waals surface area contributed by atoms with E-state index in [-0.39, 0.29) is 12.0 Å². The van der Waals surface area contributed by atoms with Gasteiger partial charge in [0.15, 0.2) is 0 Å². The van der Waals surface area contributed by atoms with Crippen molar-refractivity contribution in [3.05, 3.63) is 0 Å². The Bertz CT molecular complexity index is 375. The molecule has 5 nitrogen and oxygen atoms in total. The van der Waals surface area contributed by atoms with E-state index < -0.39 is 11.6 Å². The van der Waals surface area contributed by atoms with Crippen LogP contribution >= 0.6 is 0 Å². The molecule has 19 heavy (non-hydrogen) atoms. The number of amides is 1. The van der Waals surface area contributed by atoms with Crippen LogP contribution in [-0.4, -0.2) is 30.9 Å². The number of carbonyl (C=O) groups excluding carboxylic acids is 2. The summed E-state index contributed by atoms with van der Waals surface area (Å²) in [5.41, 5.74) is -0.388. The zero-order valence-electron chi connectivity index (χ0n) is 12.3. The molecule has 0 radical (unpaired) electrons. The SMILES string of the molecule is CCOC(=O)NC1(CN=C=O)CC(C)CC(C)(C)C1. The summed E-state index contributed by atoms with van der Waals surface area (Å²) >= 11 is 0. The molecule has 1 amide bonds. The lowest BCUT2D eigenvalue weighted by Gasteiger charge is -2.46. The predicted octanol–water partition coefficient (Wildman–Crippen LogP) is 2.65. The number of ether oxygens (including phenoxy) is 1. The van der Waals surface area contributed by atoms with Crippen molar-refractivity contribution in [1.82, 2.24) is 5.32 Å². The van der Waals surface area contributed by atoms with Crippen molar-refractivity contribution in [3.8, 4) is 0 Å². The summed E-state index contributed by atoms with van der Waals surface area (Å²) in [7, 11) is 0. The molecule has 1 fully saturated rings. The highest BCUT2D eigenvalue weighted by Gasteiger charge is 2.44. The molecule has 0 saturated heterocycles. The molecule has 0 aliphatic heterocycles. The molecule has 1 rings (SSSR count). The van der Waals surface area contributed by atoms with Crippen molar-refractivity contribution in [2.24, 2.45) is 16.3 Å². The number of hydrogen-bond acceptors (Lipinski definition) is 4. The second-order valence-electron chi connectivity index (χ2n) is 6.39. The first-order chi connectivity index (χ1) is 8.82. The average molecular weight is 268 g/mol. The third-order valence-electron chi connectivity index (χ3n) is 3.55. The lowest BCUT2D eigenvalue weighted by molar-refractivity contribution is 0.0749. The van der Waals surface area contributed by atoms with Crippen LogP contribution in [0, 0.1) is 11.3 Å². The van der Waals surface area contributed by atoms with Crippen molar-refractivity contribution in [3.63, 3.8) is 0 Å². The molecule has 1 aliphatic carbocycles. The third kappa shape index (κ3) is 4.67. The van der Waals surface area contributed by atoms with Gasteiger partial charge in [-0.1, -0.05) is 20.8 Å². The Balaban J connectivity index is 2.91. The smallest absolute Gasteiger partial charge is 0.407 e. The van der Waals surface area contributed by atoms with Gasteiger partial charge in [0.05, 0.1) is 18.7 Å². The molecular formula is C14H24N2O3. The van der Waals surface area contributed by atoms with Crippen LogP contribution in [0.2, 0.25) is 0 Å². The van der Waals surface area contributed by atoms with Gasteiger partial charge in [-0.15, -0.1) is 0 Å². The Labute approximate surface area is 114 Å². The zero-order valence-corrected chi connectivity index (χ0v) is 12.3. The van der Waals surface area contributed by atoms with Crippen LogP contribution in [0.4, 0.5) is 4.79 Å². The van der Waals surface area contributed by atoms with E-state index in [1.165, 1.54) is 0 Å². The Morgan fingerprint density at radius 1 is 1.47 bits per heavy atom. The Morgan fingerprint density at radius 3 is 2.68 bits per heavy atom. The van der Waals surface area contributed by atoms with Crippen molar-refractivity contribution in [2.45, 2.75) is 52.5 Å². The van der Waals surface area contributed by atoms with Gasteiger partial charge in [-0.2, -0.15) is 0 Å². The fourth-order valence-electron chi connectivity index (χ4n) is 3.57. The average Bonchev–Trinajstić information content (AvgIpc) is 2.23. The van der Waals surface area contributed by atoms with E-state index in [0.29, 0.717) is 12.5 Å². The molecular weight excluding hydrogens is 244 g/mol. The summed E-state index contributed by atoms with van der Waals surface area (Å²) in [6, 6.07) is 0. The molecule has 0 aromatic heterocycles. The molecule has 0 heterocycles. The van der Waals surface area contributed by atoms with Gasteiger partial charge in [-0.25, -0.2) is 14.6 Å². The quantitative estimate of drug-likeness (QED) is 0.629. The highest BCUT2D eigenvalue weighted by atomic mass is 16.5. The minimum atomic E-state index is -0.495. The Kier molecular flexibility index (Phi) is 5.12.